The van der Waals surface area contributed by atoms with Crippen molar-refractivity contribution >= 4 is 17.5 Å². The van der Waals surface area contributed by atoms with Gasteiger partial charge in [0.1, 0.15) is 0 Å². The van der Waals surface area contributed by atoms with Crippen molar-refractivity contribution in [1.29, 1.82) is 0 Å². The van der Waals surface area contributed by atoms with Crippen molar-refractivity contribution in [3.63, 3.8) is 0 Å². The fourth-order valence-corrected chi connectivity index (χ4v) is 2.59. The highest BCUT2D eigenvalue weighted by molar-refractivity contribution is 6.31. The molecule has 0 spiro atoms. The summed E-state index contributed by atoms with van der Waals surface area (Å²) in [6.07, 6.45) is 0.937. The van der Waals surface area contributed by atoms with Crippen molar-refractivity contribution in [3.8, 4) is 11.4 Å². The van der Waals surface area contributed by atoms with Gasteiger partial charge in [-0.15, -0.1) is 0 Å². The number of carbonyl (C=O) groups excluding carboxylic acids is 1. The van der Waals surface area contributed by atoms with Gasteiger partial charge in [-0.3, -0.25) is 4.79 Å². The first-order valence-electron chi connectivity index (χ1n) is 8.01. The number of rotatable bonds is 6. The summed E-state index contributed by atoms with van der Waals surface area (Å²) in [4.78, 5) is 16.3. The summed E-state index contributed by atoms with van der Waals surface area (Å²) in [6.45, 7) is 2.23. The van der Waals surface area contributed by atoms with E-state index in [0.717, 1.165) is 11.1 Å². The minimum atomic E-state index is -0.0880. The van der Waals surface area contributed by atoms with Crippen LogP contribution in [0.25, 0.3) is 11.4 Å². The molecule has 0 aliphatic carbocycles. The predicted octanol–water partition coefficient (Wildman–Crippen LogP) is 3.95. The van der Waals surface area contributed by atoms with Gasteiger partial charge < -0.3 is 9.84 Å². The number of nitrogens with zero attached hydrogens (tertiary/aromatic N) is 2. The summed E-state index contributed by atoms with van der Waals surface area (Å²) < 4.78 is 5.18. The lowest BCUT2D eigenvalue weighted by Gasteiger charge is -2.04. The summed E-state index contributed by atoms with van der Waals surface area (Å²) >= 11 is 6.09. The maximum Gasteiger partial charge on any atom is 0.246 e. The summed E-state index contributed by atoms with van der Waals surface area (Å²) in [5, 5.41) is 7.40. The standard InChI is InChI=1S/C19H18ClN3O2/c1-13-6-8-15(9-7-13)19-22-18(25-23-19)12-21-17(24)11-10-14-4-2-3-5-16(14)20/h2-9H,10-12H2,1H3,(H,21,24). The number of benzene rings is 2. The molecule has 1 N–H and O–H groups in total. The molecule has 5 nitrogen and oxygen atoms in total. The van der Waals surface area contributed by atoms with Crippen LogP contribution in [0.5, 0.6) is 0 Å². The van der Waals surface area contributed by atoms with Crippen molar-refractivity contribution in [2.75, 3.05) is 0 Å². The molecular formula is C19H18ClN3O2. The lowest BCUT2D eigenvalue weighted by Crippen LogP contribution is -2.23. The molecule has 2 aromatic carbocycles. The van der Waals surface area contributed by atoms with Crippen LogP contribution in [0.15, 0.2) is 53.1 Å². The van der Waals surface area contributed by atoms with Crippen LogP contribution in [0.1, 0.15) is 23.4 Å². The van der Waals surface area contributed by atoms with Gasteiger partial charge in [0.25, 0.3) is 0 Å². The second-order valence-electron chi connectivity index (χ2n) is 5.75. The van der Waals surface area contributed by atoms with E-state index in [0.29, 0.717) is 29.6 Å². The Morgan fingerprint density at radius 3 is 2.68 bits per heavy atom. The Kier molecular flexibility index (Phi) is 5.46. The number of hydrogen-bond acceptors (Lipinski definition) is 4. The van der Waals surface area contributed by atoms with Gasteiger partial charge in [0.2, 0.25) is 17.6 Å². The van der Waals surface area contributed by atoms with E-state index in [2.05, 4.69) is 15.5 Å². The average molecular weight is 356 g/mol. The van der Waals surface area contributed by atoms with Crippen LogP contribution in [0.2, 0.25) is 5.02 Å². The van der Waals surface area contributed by atoms with Gasteiger partial charge in [0.05, 0.1) is 6.54 Å². The van der Waals surface area contributed by atoms with Crippen molar-refractivity contribution in [2.45, 2.75) is 26.3 Å². The molecule has 6 heteroatoms. The second-order valence-corrected chi connectivity index (χ2v) is 6.15. The van der Waals surface area contributed by atoms with Gasteiger partial charge in [-0.2, -0.15) is 4.98 Å². The molecule has 0 aliphatic heterocycles. The Bertz CT molecular complexity index is 859. The summed E-state index contributed by atoms with van der Waals surface area (Å²) in [6, 6.07) is 15.4. The third kappa shape index (κ3) is 4.67. The van der Waals surface area contributed by atoms with Crippen molar-refractivity contribution in [3.05, 3.63) is 70.6 Å². The monoisotopic (exact) mass is 355 g/mol. The van der Waals surface area contributed by atoms with E-state index in [4.69, 9.17) is 16.1 Å². The van der Waals surface area contributed by atoms with Gasteiger partial charge in [-0.1, -0.05) is 64.8 Å². The average Bonchev–Trinajstić information content (AvgIpc) is 3.09. The van der Waals surface area contributed by atoms with Gasteiger partial charge in [0, 0.05) is 17.0 Å². The normalized spacial score (nSPS) is 10.6. The van der Waals surface area contributed by atoms with Crippen LogP contribution in [0.4, 0.5) is 0 Å². The van der Waals surface area contributed by atoms with E-state index in [9.17, 15) is 4.79 Å². The van der Waals surface area contributed by atoms with Gasteiger partial charge in [0.15, 0.2) is 0 Å². The van der Waals surface area contributed by atoms with Crippen LogP contribution < -0.4 is 5.32 Å². The molecule has 0 bridgehead atoms. The number of nitrogens with one attached hydrogen (secondary N) is 1. The van der Waals surface area contributed by atoms with E-state index in [1.165, 1.54) is 5.56 Å². The number of aromatic nitrogens is 2. The van der Waals surface area contributed by atoms with E-state index in [-0.39, 0.29) is 12.5 Å². The minimum absolute atomic E-state index is 0.0880. The zero-order valence-electron chi connectivity index (χ0n) is 13.8. The molecule has 3 rings (SSSR count). The number of carbonyl (C=O) groups is 1. The summed E-state index contributed by atoms with van der Waals surface area (Å²) in [5.74, 6) is 0.803. The van der Waals surface area contributed by atoms with Crippen LogP contribution in [-0.4, -0.2) is 16.0 Å². The fraction of sp³-hybridized carbons (Fsp3) is 0.211. The zero-order chi connectivity index (χ0) is 17.6. The molecule has 1 amide bonds. The molecule has 0 aliphatic rings. The predicted molar refractivity (Wildman–Crippen MR) is 96.1 cm³/mol. The van der Waals surface area contributed by atoms with Gasteiger partial charge >= 0.3 is 0 Å². The Labute approximate surface area is 151 Å². The molecule has 0 saturated carbocycles. The lowest BCUT2D eigenvalue weighted by molar-refractivity contribution is -0.121. The van der Waals surface area contributed by atoms with E-state index in [1.807, 2.05) is 55.5 Å². The molecule has 128 valence electrons. The van der Waals surface area contributed by atoms with Crippen LogP contribution in [-0.2, 0) is 17.8 Å². The molecule has 25 heavy (non-hydrogen) atoms. The molecule has 0 saturated heterocycles. The number of amides is 1. The van der Waals surface area contributed by atoms with E-state index >= 15 is 0 Å². The lowest BCUT2D eigenvalue weighted by atomic mass is 10.1. The maximum absolute atomic E-state index is 12.0. The van der Waals surface area contributed by atoms with Gasteiger partial charge in [-0.05, 0) is 25.0 Å². The summed E-state index contributed by atoms with van der Waals surface area (Å²) in [5.41, 5.74) is 3.00. The summed E-state index contributed by atoms with van der Waals surface area (Å²) in [7, 11) is 0. The molecule has 0 fully saturated rings. The minimum Gasteiger partial charge on any atom is -0.347 e. The van der Waals surface area contributed by atoms with Gasteiger partial charge in [-0.25, -0.2) is 0 Å². The number of hydrogen-bond donors (Lipinski definition) is 1. The quantitative estimate of drug-likeness (QED) is 0.727. The van der Waals surface area contributed by atoms with E-state index in [1.54, 1.807) is 0 Å². The zero-order valence-corrected chi connectivity index (χ0v) is 14.6. The van der Waals surface area contributed by atoms with Crippen LogP contribution in [0.3, 0.4) is 0 Å². The molecular weight excluding hydrogens is 338 g/mol. The molecule has 3 aromatic rings. The van der Waals surface area contributed by atoms with Crippen LogP contribution >= 0.6 is 11.6 Å². The highest BCUT2D eigenvalue weighted by Crippen LogP contribution is 2.17. The first-order valence-corrected chi connectivity index (χ1v) is 8.39. The van der Waals surface area contributed by atoms with E-state index < -0.39 is 0 Å². The number of halogens is 1. The second kappa shape index (κ2) is 7.94. The third-order valence-corrected chi connectivity index (χ3v) is 4.16. The highest BCUT2D eigenvalue weighted by Gasteiger charge is 2.10. The SMILES string of the molecule is Cc1ccc(-c2noc(CNC(=O)CCc3ccccc3Cl)n2)cc1. The first-order chi connectivity index (χ1) is 12.1. The third-order valence-electron chi connectivity index (χ3n) is 3.79. The van der Waals surface area contributed by atoms with Crippen molar-refractivity contribution in [1.82, 2.24) is 15.5 Å². The molecule has 0 atom stereocenters. The number of aryl methyl sites for hydroxylation is 2. The Hall–Kier alpha value is -2.66. The highest BCUT2D eigenvalue weighted by atomic mass is 35.5. The first kappa shape index (κ1) is 17.2. The maximum atomic E-state index is 12.0. The van der Waals surface area contributed by atoms with Crippen molar-refractivity contribution in [2.24, 2.45) is 0 Å². The largest absolute Gasteiger partial charge is 0.347 e. The fourth-order valence-electron chi connectivity index (χ4n) is 2.36. The molecule has 0 radical (unpaired) electrons. The van der Waals surface area contributed by atoms with Crippen molar-refractivity contribution < 1.29 is 9.32 Å². The topological polar surface area (TPSA) is 68.0 Å². The Morgan fingerprint density at radius 2 is 1.92 bits per heavy atom. The van der Waals surface area contributed by atoms with Crippen LogP contribution in [0, 0.1) is 6.92 Å². The molecule has 1 heterocycles. The molecule has 0 unspecified atom stereocenters. The smallest absolute Gasteiger partial charge is 0.246 e. The Balaban J connectivity index is 1.51. The Morgan fingerprint density at radius 1 is 1.16 bits per heavy atom. The molecule has 1 aromatic heterocycles.